The molecule has 0 unspecified atom stereocenters. The molecule has 2 heteroatoms. The summed E-state index contributed by atoms with van der Waals surface area (Å²) < 4.78 is 11.8. The van der Waals surface area contributed by atoms with E-state index in [9.17, 15) is 0 Å². The van der Waals surface area contributed by atoms with Gasteiger partial charge in [0, 0.05) is 13.2 Å². The largest absolute Gasteiger partial charge is 0.351 e. The van der Waals surface area contributed by atoms with Crippen LogP contribution in [0.2, 0.25) is 0 Å². The van der Waals surface area contributed by atoms with Crippen molar-refractivity contribution >= 4 is 0 Å². The summed E-state index contributed by atoms with van der Waals surface area (Å²) in [5.41, 5.74) is 0. The minimum Gasteiger partial charge on any atom is -0.351 e. The van der Waals surface area contributed by atoms with Gasteiger partial charge in [0.1, 0.15) is 0 Å². The Morgan fingerprint density at radius 2 is 0.750 bits per heavy atom. The molecule has 0 aliphatic rings. The Kier molecular flexibility index (Phi) is 17.7. The number of ether oxygens (including phenoxy) is 2. The van der Waals surface area contributed by atoms with Crippen LogP contribution in [0.5, 0.6) is 0 Å². The van der Waals surface area contributed by atoms with Crippen LogP contribution in [-0.2, 0) is 9.47 Å². The van der Waals surface area contributed by atoms with Crippen LogP contribution in [-0.4, -0.2) is 19.0 Å². The Morgan fingerprint density at radius 3 is 1.08 bits per heavy atom. The van der Waals surface area contributed by atoms with Gasteiger partial charge in [-0.3, -0.25) is 0 Å². The lowest BCUT2D eigenvalue weighted by atomic mass is 10.1. The van der Waals surface area contributed by atoms with Crippen molar-refractivity contribution in [2.45, 2.75) is 130 Å². The average Bonchev–Trinajstić information content (AvgIpc) is 2.55. The maximum absolute atomic E-state index is 5.91. The average molecular weight is 343 g/mol. The van der Waals surface area contributed by atoms with E-state index in [1.165, 1.54) is 83.5 Å². The zero-order valence-corrected chi connectivity index (χ0v) is 17.3. The molecule has 0 N–H and O–H groups in total. The number of unbranched alkanes of at least 4 members (excludes halogenated alkanes) is 13. The van der Waals surface area contributed by atoms with E-state index in [1.54, 1.807) is 0 Å². The third-order valence-corrected chi connectivity index (χ3v) is 4.65. The molecule has 0 heterocycles. The van der Waals surface area contributed by atoms with E-state index in [-0.39, 0.29) is 0 Å². The molecule has 2 nitrogen and oxygen atoms in total. The summed E-state index contributed by atoms with van der Waals surface area (Å²) >= 11 is 0. The highest BCUT2D eigenvalue weighted by Gasteiger charge is 2.17. The first-order valence-corrected chi connectivity index (χ1v) is 10.9. The number of hydrogen-bond acceptors (Lipinski definition) is 2. The van der Waals surface area contributed by atoms with Gasteiger partial charge in [0.15, 0.2) is 5.79 Å². The van der Waals surface area contributed by atoms with Gasteiger partial charge in [-0.2, -0.15) is 0 Å². The van der Waals surface area contributed by atoms with Crippen molar-refractivity contribution in [1.82, 2.24) is 0 Å². The van der Waals surface area contributed by atoms with Crippen molar-refractivity contribution < 1.29 is 9.47 Å². The first-order chi connectivity index (χ1) is 11.6. The van der Waals surface area contributed by atoms with Crippen molar-refractivity contribution in [2.75, 3.05) is 13.2 Å². The van der Waals surface area contributed by atoms with Gasteiger partial charge in [-0.15, -0.1) is 0 Å². The van der Waals surface area contributed by atoms with Crippen LogP contribution in [0.25, 0.3) is 0 Å². The van der Waals surface area contributed by atoms with Crippen molar-refractivity contribution in [2.24, 2.45) is 0 Å². The van der Waals surface area contributed by atoms with Gasteiger partial charge in [0.25, 0.3) is 0 Å². The Labute approximate surface area is 153 Å². The summed E-state index contributed by atoms with van der Waals surface area (Å²) in [6, 6.07) is 0. The van der Waals surface area contributed by atoms with Gasteiger partial charge in [0.2, 0.25) is 0 Å². The van der Waals surface area contributed by atoms with Crippen LogP contribution >= 0.6 is 0 Å². The van der Waals surface area contributed by atoms with Gasteiger partial charge in [-0.25, -0.2) is 0 Å². The van der Waals surface area contributed by atoms with Crippen LogP contribution in [0.4, 0.5) is 0 Å². The smallest absolute Gasteiger partial charge is 0.162 e. The molecule has 0 aromatic carbocycles. The highest BCUT2D eigenvalue weighted by atomic mass is 16.7. The predicted molar refractivity (Wildman–Crippen MR) is 107 cm³/mol. The van der Waals surface area contributed by atoms with Crippen LogP contribution in [0.3, 0.4) is 0 Å². The molecule has 0 radical (unpaired) electrons. The third-order valence-electron chi connectivity index (χ3n) is 4.65. The van der Waals surface area contributed by atoms with Crippen LogP contribution in [0.1, 0.15) is 124 Å². The monoisotopic (exact) mass is 342 g/mol. The van der Waals surface area contributed by atoms with E-state index in [0.29, 0.717) is 0 Å². The maximum atomic E-state index is 5.91. The van der Waals surface area contributed by atoms with Gasteiger partial charge < -0.3 is 9.47 Å². The highest BCUT2D eigenvalue weighted by molar-refractivity contribution is 4.55. The third kappa shape index (κ3) is 18.3. The quantitative estimate of drug-likeness (QED) is 0.177. The minimum atomic E-state index is -0.413. The fourth-order valence-electron chi connectivity index (χ4n) is 2.97. The Bertz CT molecular complexity index is 238. The fraction of sp³-hybridized carbons (Fsp3) is 1.00. The van der Waals surface area contributed by atoms with Crippen molar-refractivity contribution in [1.29, 1.82) is 0 Å². The minimum absolute atomic E-state index is 0.413. The molecule has 0 rings (SSSR count). The van der Waals surface area contributed by atoms with Gasteiger partial charge in [-0.1, -0.05) is 97.3 Å². The number of hydrogen-bond donors (Lipinski definition) is 0. The summed E-state index contributed by atoms with van der Waals surface area (Å²) in [6.07, 6.45) is 20.0. The maximum Gasteiger partial charge on any atom is 0.162 e. The van der Waals surface area contributed by atoms with Crippen molar-refractivity contribution in [3.05, 3.63) is 0 Å². The second-order valence-corrected chi connectivity index (χ2v) is 7.69. The SMILES string of the molecule is CCCCCCCCCCOC(C)(C)OCCCCCCCCC. The van der Waals surface area contributed by atoms with Crippen molar-refractivity contribution in [3.63, 3.8) is 0 Å². The number of rotatable bonds is 19. The molecule has 0 spiro atoms. The van der Waals surface area contributed by atoms with E-state index in [2.05, 4.69) is 27.7 Å². The highest BCUT2D eigenvalue weighted by Crippen LogP contribution is 2.15. The molecule has 0 amide bonds. The first kappa shape index (κ1) is 23.9. The van der Waals surface area contributed by atoms with Gasteiger partial charge in [-0.05, 0) is 26.7 Å². The predicted octanol–water partition coefficient (Wildman–Crippen LogP) is 7.65. The normalized spacial score (nSPS) is 12.0. The second kappa shape index (κ2) is 17.7. The first-order valence-electron chi connectivity index (χ1n) is 10.9. The van der Waals surface area contributed by atoms with E-state index in [4.69, 9.17) is 9.47 Å². The van der Waals surface area contributed by atoms with Gasteiger partial charge in [0.05, 0.1) is 0 Å². The van der Waals surface area contributed by atoms with Crippen LogP contribution < -0.4 is 0 Å². The summed E-state index contributed by atoms with van der Waals surface area (Å²) in [5, 5.41) is 0. The van der Waals surface area contributed by atoms with Gasteiger partial charge >= 0.3 is 0 Å². The van der Waals surface area contributed by atoms with Crippen LogP contribution in [0, 0.1) is 0 Å². The lowest BCUT2D eigenvalue weighted by Gasteiger charge is -2.25. The molecule has 146 valence electrons. The molecule has 0 saturated heterocycles. The van der Waals surface area contributed by atoms with E-state index in [1.807, 2.05) is 0 Å². The topological polar surface area (TPSA) is 18.5 Å². The molecule has 0 atom stereocenters. The zero-order valence-electron chi connectivity index (χ0n) is 17.3. The van der Waals surface area contributed by atoms with E-state index in [0.717, 1.165) is 26.1 Å². The van der Waals surface area contributed by atoms with E-state index < -0.39 is 5.79 Å². The summed E-state index contributed by atoms with van der Waals surface area (Å²) in [5.74, 6) is -0.413. The molecule has 0 aromatic heterocycles. The molecule has 0 aliphatic heterocycles. The summed E-state index contributed by atoms with van der Waals surface area (Å²) in [7, 11) is 0. The van der Waals surface area contributed by atoms with Crippen LogP contribution in [0.15, 0.2) is 0 Å². The molecule has 24 heavy (non-hydrogen) atoms. The van der Waals surface area contributed by atoms with Crippen molar-refractivity contribution in [3.8, 4) is 0 Å². The lowest BCUT2D eigenvalue weighted by Crippen LogP contribution is -2.29. The molecular formula is C22H46O2. The Hall–Kier alpha value is -0.0800. The standard InChI is InChI=1S/C22H46O2/c1-5-7-9-11-13-15-17-19-21-24-22(3,4)23-20-18-16-14-12-10-8-6-2/h5-21H2,1-4H3. The zero-order chi connectivity index (χ0) is 17.9. The molecule has 0 aliphatic carbocycles. The Morgan fingerprint density at radius 1 is 0.458 bits per heavy atom. The Balaban J connectivity index is 3.32. The molecule has 0 aromatic rings. The summed E-state index contributed by atoms with van der Waals surface area (Å²) in [4.78, 5) is 0. The molecule has 0 fully saturated rings. The van der Waals surface area contributed by atoms with E-state index >= 15 is 0 Å². The molecule has 0 saturated carbocycles. The molecule has 0 bridgehead atoms. The lowest BCUT2D eigenvalue weighted by molar-refractivity contribution is -0.214. The summed E-state index contributed by atoms with van der Waals surface area (Å²) in [6.45, 7) is 10.3. The second-order valence-electron chi connectivity index (χ2n) is 7.69. The fourth-order valence-corrected chi connectivity index (χ4v) is 2.97. The molecular weight excluding hydrogens is 296 g/mol.